The van der Waals surface area contributed by atoms with Gasteiger partial charge in [-0.15, -0.1) is 0 Å². The SMILES string of the molecule is CC(C)(N)c1cncn1Cc1ccc(C(F)(F)F)cc1. The molecule has 0 bridgehead atoms. The highest BCUT2D eigenvalue weighted by atomic mass is 19.4. The van der Waals surface area contributed by atoms with Crippen LogP contribution < -0.4 is 5.73 Å². The van der Waals surface area contributed by atoms with Crippen LogP contribution in [0.15, 0.2) is 36.8 Å². The van der Waals surface area contributed by atoms with Gasteiger partial charge in [-0.2, -0.15) is 13.2 Å². The van der Waals surface area contributed by atoms with Crippen LogP contribution in [0.25, 0.3) is 0 Å². The Morgan fingerprint density at radius 3 is 2.25 bits per heavy atom. The number of halogens is 3. The average molecular weight is 283 g/mol. The first-order valence-electron chi connectivity index (χ1n) is 6.13. The summed E-state index contributed by atoms with van der Waals surface area (Å²) >= 11 is 0. The molecule has 0 amide bonds. The van der Waals surface area contributed by atoms with E-state index in [-0.39, 0.29) is 0 Å². The molecular weight excluding hydrogens is 267 g/mol. The van der Waals surface area contributed by atoms with E-state index in [1.165, 1.54) is 12.1 Å². The molecule has 0 saturated carbocycles. The molecule has 1 aromatic heterocycles. The summed E-state index contributed by atoms with van der Waals surface area (Å²) in [6.45, 7) is 4.15. The third-order valence-corrected chi connectivity index (χ3v) is 3.01. The Bertz CT molecular complexity index is 577. The summed E-state index contributed by atoms with van der Waals surface area (Å²) in [5.74, 6) is 0. The van der Waals surface area contributed by atoms with Crippen molar-refractivity contribution < 1.29 is 13.2 Å². The highest BCUT2D eigenvalue weighted by Gasteiger charge is 2.30. The molecule has 0 aliphatic carbocycles. The summed E-state index contributed by atoms with van der Waals surface area (Å²) in [5.41, 5.74) is 6.42. The van der Waals surface area contributed by atoms with Crippen molar-refractivity contribution in [3.8, 4) is 0 Å². The summed E-state index contributed by atoms with van der Waals surface area (Å²) < 4.78 is 39.3. The minimum Gasteiger partial charge on any atom is -0.328 e. The van der Waals surface area contributed by atoms with Crippen molar-refractivity contribution in [2.24, 2.45) is 5.73 Å². The lowest BCUT2D eigenvalue weighted by Crippen LogP contribution is -2.31. The fourth-order valence-corrected chi connectivity index (χ4v) is 1.98. The third kappa shape index (κ3) is 3.19. The standard InChI is InChI=1S/C14H16F3N3/c1-13(2,18)12-7-19-9-20(12)8-10-3-5-11(6-4-10)14(15,16)17/h3-7,9H,8,18H2,1-2H3. The molecule has 1 aromatic carbocycles. The van der Waals surface area contributed by atoms with Crippen LogP contribution >= 0.6 is 0 Å². The molecule has 2 aromatic rings. The third-order valence-electron chi connectivity index (χ3n) is 3.01. The number of aromatic nitrogens is 2. The highest BCUT2D eigenvalue weighted by molar-refractivity contribution is 5.25. The maximum Gasteiger partial charge on any atom is 0.416 e. The Labute approximate surface area is 115 Å². The van der Waals surface area contributed by atoms with Gasteiger partial charge in [0, 0.05) is 12.7 Å². The van der Waals surface area contributed by atoms with E-state index < -0.39 is 17.3 Å². The second kappa shape index (κ2) is 4.94. The van der Waals surface area contributed by atoms with E-state index in [0.717, 1.165) is 23.4 Å². The molecule has 0 atom stereocenters. The minimum absolute atomic E-state index is 0.439. The number of nitrogens with two attached hydrogens (primary N) is 1. The van der Waals surface area contributed by atoms with E-state index in [0.29, 0.717) is 6.54 Å². The summed E-state index contributed by atoms with van der Waals surface area (Å²) in [6, 6.07) is 5.10. The van der Waals surface area contributed by atoms with Gasteiger partial charge in [0.1, 0.15) is 0 Å². The number of hydrogen-bond acceptors (Lipinski definition) is 2. The zero-order chi connectivity index (χ0) is 15.0. The van der Waals surface area contributed by atoms with Gasteiger partial charge in [-0.3, -0.25) is 0 Å². The van der Waals surface area contributed by atoms with Gasteiger partial charge in [-0.1, -0.05) is 12.1 Å². The zero-order valence-electron chi connectivity index (χ0n) is 11.3. The van der Waals surface area contributed by atoms with Crippen LogP contribution in [-0.2, 0) is 18.3 Å². The van der Waals surface area contributed by atoms with Crippen LogP contribution in [0.4, 0.5) is 13.2 Å². The zero-order valence-corrected chi connectivity index (χ0v) is 11.3. The van der Waals surface area contributed by atoms with Gasteiger partial charge < -0.3 is 10.3 Å². The molecule has 0 aliphatic heterocycles. The molecule has 0 radical (unpaired) electrons. The lowest BCUT2D eigenvalue weighted by Gasteiger charge is -2.20. The van der Waals surface area contributed by atoms with Crippen molar-refractivity contribution in [1.82, 2.24) is 9.55 Å². The molecule has 2 rings (SSSR count). The first kappa shape index (κ1) is 14.6. The van der Waals surface area contributed by atoms with Gasteiger partial charge in [-0.05, 0) is 31.5 Å². The molecule has 0 saturated heterocycles. The summed E-state index contributed by atoms with van der Waals surface area (Å²) in [7, 11) is 0. The quantitative estimate of drug-likeness (QED) is 0.940. The Hall–Kier alpha value is -1.82. The number of nitrogens with zero attached hydrogens (tertiary/aromatic N) is 2. The van der Waals surface area contributed by atoms with E-state index in [1.807, 2.05) is 18.4 Å². The first-order valence-corrected chi connectivity index (χ1v) is 6.13. The number of alkyl halides is 3. The average Bonchev–Trinajstić information content (AvgIpc) is 2.76. The number of benzene rings is 1. The molecule has 0 unspecified atom stereocenters. The minimum atomic E-state index is -4.31. The van der Waals surface area contributed by atoms with Crippen LogP contribution in [0, 0.1) is 0 Å². The smallest absolute Gasteiger partial charge is 0.328 e. The Morgan fingerprint density at radius 2 is 1.75 bits per heavy atom. The second-order valence-corrected chi connectivity index (χ2v) is 5.32. The first-order chi connectivity index (χ1) is 9.18. The molecule has 1 heterocycles. The van der Waals surface area contributed by atoms with Crippen molar-refractivity contribution in [2.45, 2.75) is 32.1 Å². The lowest BCUT2D eigenvalue weighted by molar-refractivity contribution is -0.137. The summed E-state index contributed by atoms with van der Waals surface area (Å²) in [5, 5.41) is 0. The maximum absolute atomic E-state index is 12.5. The van der Waals surface area contributed by atoms with Crippen LogP contribution in [0.1, 0.15) is 30.7 Å². The topological polar surface area (TPSA) is 43.8 Å². The second-order valence-electron chi connectivity index (χ2n) is 5.32. The van der Waals surface area contributed by atoms with Crippen molar-refractivity contribution in [3.63, 3.8) is 0 Å². The van der Waals surface area contributed by atoms with Gasteiger partial charge >= 0.3 is 6.18 Å². The van der Waals surface area contributed by atoms with Crippen molar-refractivity contribution in [1.29, 1.82) is 0 Å². The van der Waals surface area contributed by atoms with Crippen molar-refractivity contribution in [3.05, 3.63) is 53.6 Å². The van der Waals surface area contributed by atoms with Crippen LogP contribution in [0.5, 0.6) is 0 Å². The largest absolute Gasteiger partial charge is 0.416 e. The number of rotatable bonds is 3. The monoisotopic (exact) mass is 283 g/mol. The molecule has 6 heteroatoms. The van der Waals surface area contributed by atoms with Gasteiger partial charge in [0.05, 0.1) is 23.1 Å². The van der Waals surface area contributed by atoms with Crippen molar-refractivity contribution in [2.75, 3.05) is 0 Å². The Morgan fingerprint density at radius 1 is 1.15 bits per heavy atom. The van der Waals surface area contributed by atoms with E-state index in [1.54, 1.807) is 12.5 Å². The lowest BCUT2D eigenvalue weighted by atomic mass is 10.0. The molecule has 3 nitrogen and oxygen atoms in total. The molecule has 0 aliphatic rings. The van der Waals surface area contributed by atoms with Crippen LogP contribution in [0.3, 0.4) is 0 Å². The van der Waals surface area contributed by atoms with Crippen molar-refractivity contribution >= 4 is 0 Å². The van der Waals surface area contributed by atoms with E-state index in [4.69, 9.17) is 5.73 Å². The number of imidazole rings is 1. The van der Waals surface area contributed by atoms with Gasteiger partial charge in [0.15, 0.2) is 0 Å². The van der Waals surface area contributed by atoms with Gasteiger partial charge in [0.25, 0.3) is 0 Å². The molecule has 2 N–H and O–H groups in total. The normalized spacial score (nSPS) is 12.7. The molecule has 0 fully saturated rings. The molecular formula is C14H16F3N3. The highest BCUT2D eigenvalue weighted by Crippen LogP contribution is 2.29. The summed E-state index contributed by atoms with van der Waals surface area (Å²) in [4.78, 5) is 4.04. The predicted molar refractivity (Wildman–Crippen MR) is 70.0 cm³/mol. The molecule has 0 spiro atoms. The van der Waals surface area contributed by atoms with Gasteiger partial charge in [0.2, 0.25) is 0 Å². The predicted octanol–water partition coefficient (Wildman–Crippen LogP) is 3.14. The van der Waals surface area contributed by atoms with E-state index >= 15 is 0 Å². The van der Waals surface area contributed by atoms with Crippen LogP contribution in [-0.4, -0.2) is 9.55 Å². The summed E-state index contributed by atoms with van der Waals surface area (Å²) in [6.07, 6.45) is -1.01. The van der Waals surface area contributed by atoms with Gasteiger partial charge in [-0.25, -0.2) is 4.98 Å². The molecule has 20 heavy (non-hydrogen) atoms. The molecule has 108 valence electrons. The fourth-order valence-electron chi connectivity index (χ4n) is 1.98. The van der Waals surface area contributed by atoms with E-state index in [2.05, 4.69) is 4.98 Å². The maximum atomic E-state index is 12.5. The van der Waals surface area contributed by atoms with Crippen LogP contribution in [0.2, 0.25) is 0 Å². The Balaban J connectivity index is 2.22. The number of hydrogen-bond donors (Lipinski definition) is 1. The van der Waals surface area contributed by atoms with E-state index in [9.17, 15) is 13.2 Å². The Kier molecular flexibility index (Phi) is 3.60. The fraction of sp³-hybridized carbons (Fsp3) is 0.357.